The van der Waals surface area contributed by atoms with E-state index < -0.39 is 0 Å². The molecule has 6 heteroatoms. The number of benzene rings is 1. The molecule has 2 amide bonds. The molecule has 0 aromatic heterocycles. The summed E-state index contributed by atoms with van der Waals surface area (Å²) >= 11 is 0. The Hall–Kier alpha value is -2.24. The highest BCUT2D eigenvalue weighted by molar-refractivity contribution is 5.84. The second kappa shape index (κ2) is 7.64. The van der Waals surface area contributed by atoms with E-state index in [4.69, 9.17) is 9.47 Å². The summed E-state index contributed by atoms with van der Waals surface area (Å²) in [6.45, 7) is 0. The molecule has 4 aliphatic carbocycles. The van der Waals surface area contributed by atoms with Gasteiger partial charge in [-0.1, -0.05) is 0 Å². The molecule has 6 nitrogen and oxygen atoms in total. The lowest BCUT2D eigenvalue weighted by molar-refractivity contribution is -0.134. The van der Waals surface area contributed by atoms with Crippen LogP contribution in [0.1, 0.15) is 50.5 Å². The molecular formula is C22H30N2O4. The SMILES string of the molecule is COc1ccc(OC)c(CC(=O)NNC(=O)CC23CC4CC(CC(C4)C2)C3)c1. The number of hydrogen-bond donors (Lipinski definition) is 2. The monoisotopic (exact) mass is 386 g/mol. The summed E-state index contributed by atoms with van der Waals surface area (Å²) in [4.78, 5) is 24.9. The van der Waals surface area contributed by atoms with Gasteiger partial charge in [-0.05, 0) is 79.9 Å². The van der Waals surface area contributed by atoms with Crippen LogP contribution in [0.2, 0.25) is 0 Å². The van der Waals surface area contributed by atoms with Crippen LogP contribution in [0, 0.1) is 23.2 Å². The maximum Gasteiger partial charge on any atom is 0.242 e. The minimum Gasteiger partial charge on any atom is -0.497 e. The van der Waals surface area contributed by atoms with E-state index in [0.717, 1.165) is 23.3 Å². The summed E-state index contributed by atoms with van der Waals surface area (Å²) in [5.74, 6) is 3.38. The van der Waals surface area contributed by atoms with Gasteiger partial charge in [-0.3, -0.25) is 20.4 Å². The molecule has 0 atom stereocenters. The first kappa shape index (κ1) is 19.1. The standard InChI is InChI=1S/C22H30N2O4/c1-27-18-3-4-19(28-2)17(8-18)9-20(25)23-24-21(26)13-22-10-14-5-15(11-22)7-16(6-14)12-22/h3-4,8,14-16H,5-7,9-13H2,1-2H3,(H,23,25)(H,24,26). The molecule has 28 heavy (non-hydrogen) atoms. The fraction of sp³-hybridized carbons (Fsp3) is 0.636. The van der Waals surface area contributed by atoms with Crippen LogP contribution in [0.25, 0.3) is 0 Å². The molecule has 152 valence electrons. The molecule has 1 aromatic rings. The highest BCUT2D eigenvalue weighted by Crippen LogP contribution is 2.61. The van der Waals surface area contributed by atoms with Crippen molar-refractivity contribution >= 4 is 11.8 Å². The van der Waals surface area contributed by atoms with Gasteiger partial charge in [0.05, 0.1) is 20.6 Å². The average molecular weight is 386 g/mol. The normalized spacial score (nSPS) is 30.0. The molecule has 0 saturated heterocycles. The third kappa shape index (κ3) is 3.96. The molecule has 0 unspecified atom stereocenters. The first-order chi connectivity index (χ1) is 13.5. The van der Waals surface area contributed by atoms with Crippen LogP contribution in [0.15, 0.2) is 18.2 Å². The lowest BCUT2D eigenvalue weighted by Crippen LogP contribution is -2.50. The van der Waals surface area contributed by atoms with E-state index in [0.29, 0.717) is 17.9 Å². The van der Waals surface area contributed by atoms with E-state index in [1.54, 1.807) is 32.4 Å². The molecule has 0 spiro atoms. The summed E-state index contributed by atoms with van der Waals surface area (Å²) in [7, 11) is 3.15. The number of hydrazine groups is 1. The van der Waals surface area contributed by atoms with Crippen LogP contribution < -0.4 is 20.3 Å². The number of methoxy groups -OCH3 is 2. The van der Waals surface area contributed by atoms with Crippen LogP contribution in [0.3, 0.4) is 0 Å². The Morgan fingerprint density at radius 1 is 0.964 bits per heavy atom. The van der Waals surface area contributed by atoms with Crippen LogP contribution in [-0.4, -0.2) is 26.0 Å². The summed E-state index contributed by atoms with van der Waals surface area (Å²) in [6, 6.07) is 5.33. The highest BCUT2D eigenvalue weighted by atomic mass is 16.5. The Morgan fingerprint density at radius 2 is 1.57 bits per heavy atom. The second-order valence-electron chi connectivity index (χ2n) is 9.05. The molecule has 4 saturated carbocycles. The van der Waals surface area contributed by atoms with Crippen molar-refractivity contribution in [1.29, 1.82) is 0 Å². The maximum atomic E-state index is 12.5. The van der Waals surface area contributed by atoms with Crippen molar-refractivity contribution in [2.24, 2.45) is 23.2 Å². The third-order valence-corrected chi connectivity index (χ3v) is 6.88. The maximum absolute atomic E-state index is 12.5. The topological polar surface area (TPSA) is 76.7 Å². The molecule has 4 fully saturated rings. The minimum atomic E-state index is -0.273. The number of amides is 2. The van der Waals surface area contributed by atoms with Crippen molar-refractivity contribution < 1.29 is 19.1 Å². The van der Waals surface area contributed by atoms with Crippen molar-refractivity contribution in [2.75, 3.05) is 14.2 Å². The predicted octanol–water partition coefficient (Wildman–Crippen LogP) is 3.00. The van der Waals surface area contributed by atoms with Gasteiger partial charge in [-0.2, -0.15) is 0 Å². The minimum absolute atomic E-state index is 0.0760. The lowest BCUT2D eigenvalue weighted by atomic mass is 9.49. The van der Waals surface area contributed by atoms with Crippen molar-refractivity contribution in [3.05, 3.63) is 23.8 Å². The number of hydrogen-bond acceptors (Lipinski definition) is 4. The van der Waals surface area contributed by atoms with Crippen LogP contribution in [-0.2, 0) is 16.0 Å². The van der Waals surface area contributed by atoms with Crippen molar-refractivity contribution in [3.8, 4) is 11.5 Å². The Labute approximate surface area is 166 Å². The van der Waals surface area contributed by atoms with Crippen LogP contribution >= 0.6 is 0 Å². The van der Waals surface area contributed by atoms with E-state index in [9.17, 15) is 9.59 Å². The molecule has 2 N–H and O–H groups in total. The Kier molecular flexibility index (Phi) is 5.21. The number of carbonyl (C=O) groups excluding carboxylic acids is 2. The van der Waals surface area contributed by atoms with Gasteiger partial charge in [0.1, 0.15) is 11.5 Å². The van der Waals surface area contributed by atoms with Gasteiger partial charge in [0.25, 0.3) is 0 Å². The zero-order chi connectivity index (χ0) is 19.7. The number of ether oxygens (including phenoxy) is 2. The Balaban J connectivity index is 1.30. The van der Waals surface area contributed by atoms with E-state index in [1.165, 1.54) is 38.5 Å². The predicted molar refractivity (Wildman–Crippen MR) is 105 cm³/mol. The Morgan fingerprint density at radius 3 is 2.14 bits per heavy atom. The lowest BCUT2D eigenvalue weighted by Gasteiger charge is -2.56. The van der Waals surface area contributed by atoms with Crippen molar-refractivity contribution in [1.82, 2.24) is 10.9 Å². The number of nitrogens with one attached hydrogen (secondary N) is 2. The molecule has 0 radical (unpaired) electrons. The summed E-state index contributed by atoms with van der Waals surface area (Å²) in [6.07, 6.45) is 8.27. The first-order valence-electron chi connectivity index (χ1n) is 10.3. The van der Waals surface area contributed by atoms with Crippen LogP contribution in [0.4, 0.5) is 0 Å². The van der Waals surface area contributed by atoms with Gasteiger partial charge in [0.2, 0.25) is 11.8 Å². The highest BCUT2D eigenvalue weighted by Gasteiger charge is 2.51. The van der Waals surface area contributed by atoms with E-state index in [1.807, 2.05) is 0 Å². The van der Waals surface area contributed by atoms with E-state index >= 15 is 0 Å². The quantitative estimate of drug-likeness (QED) is 0.737. The van der Waals surface area contributed by atoms with Gasteiger partial charge in [0, 0.05) is 12.0 Å². The van der Waals surface area contributed by atoms with Crippen LogP contribution in [0.5, 0.6) is 11.5 Å². The molecule has 0 heterocycles. The largest absolute Gasteiger partial charge is 0.497 e. The fourth-order valence-corrected chi connectivity index (χ4v) is 6.27. The van der Waals surface area contributed by atoms with E-state index in [2.05, 4.69) is 10.9 Å². The first-order valence-corrected chi connectivity index (χ1v) is 10.3. The zero-order valence-corrected chi connectivity index (χ0v) is 16.8. The molecular weight excluding hydrogens is 356 g/mol. The van der Waals surface area contributed by atoms with Gasteiger partial charge in [-0.15, -0.1) is 0 Å². The molecule has 4 aliphatic rings. The van der Waals surface area contributed by atoms with Gasteiger partial charge >= 0.3 is 0 Å². The summed E-state index contributed by atoms with van der Waals surface area (Å²) in [5, 5.41) is 0. The van der Waals surface area contributed by atoms with Gasteiger partial charge in [0.15, 0.2) is 0 Å². The van der Waals surface area contributed by atoms with Crippen molar-refractivity contribution in [3.63, 3.8) is 0 Å². The molecule has 0 aliphatic heterocycles. The molecule has 1 aromatic carbocycles. The molecule has 4 bridgehead atoms. The summed E-state index contributed by atoms with van der Waals surface area (Å²) in [5.41, 5.74) is 6.08. The average Bonchev–Trinajstić information content (AvgIpc) is 2.65. The third-order valence-electron chi connectivity index (χ3n) is 6.88. The van der Waals surface area contributed by atoms with Gasteiger partial charge in [-0.25, -0.2) is 0 Å². The number of rotatable bonds is 6. The Bertz CT molecular complexity index is 726. The summed E-state index contributed by atoms with van der Waals surface area (Å²) < 4.78 is 10.5. The zero-order valence-electron chi connectivity index (χ0n) is 16.8. The molecule has 5 rings (SSSR count). The smallest absolute Gasteiger partial charge is 0.242 e. The number of carbonyl (C=O) groups is 2. The van der Waals surface area contributed by atoms with Gasteiger partial charge < -0.3 is 9.47 Å². The second-order valence-corrected chi connectivity index (χ2v) is 9.05. The van der Waals surface area contributed by atoms with E-state index in [-0.39, 0.29) is 23.7 Å². The fourth-order valence-electron chi connectivity index (χ4n) is 6.27. The van der Waals surface area contributed by atoms with Crippen molar-refractivity contribution in [2.45, 2.75) is 51.4 Å².